The Morgan fingerprint density at radius 1 is 1.03 bits per heavy atom. The molecule has 1 fully saturated rings. The minimum absolute atomic E-state index is 0.0450. The summed E-state index contributed by atoms with van der Waals surface area (Å²) in [6.07, 6.45) is -1.07. The van der Waals surface area contributed by atoms with Crippen molar-refractivity contribution in [3.05, 3.63) is 84.2 Å². The molecule has 9 heteroatoms. The van der Waals surface area contributed by atoms with Gasteiger partial charge in [0.1, 0.15) is 11.6 Å². The van der Waals surface area contributed by atoms with Gasteiger partial charge in [-0.1, -0.05) is 12.1 Å². The van der Waals surface area contributed by atoms with Crippen molar-refractivity contribution < 1.29 is 33.0 Å². The summed E-state index contributed by atoms with van der Waals surface area (Å²) >= 11 is 5.82. The summed E-state index contributed by atoms with van der Waals surface area (Å²) in [5, 5.41) is 0. The largest absolute Gasteiger partial charge is 0.493 e. The molecule has 0 aliphatic carbocycles. The first-order valence-corrected chi connectivity index (χ1v) is 12.2. The number of methoxy groups -OCH3 is 1. The lowest BCUT2D eigenvalue weighted by atomic mass is 10.0. The van der Waals surface area contributed by atoms with Crippen molar-refractivity contribution in [1.29, 1.82) is 0 Å². The van der Waals surface area contributed by atoms with Crippen LogP contribution in [0.2, 0.25) is 0 Å². The number of anilines is 1. The van der Waals surface area contributed by atoms with Gasteiger partial charge in [-0.05, 0) is 60.7 Å². The Labute approximate surface area is 218 Å². The van der Waals surface area contributed by atoms with Gasteiger partial charge in [0.15, 0.2) is 17.6 Å². The Balaban J connectivity index is 1.40. The third-order valence-corrected chi connectivity index (χ3v) is 6.17. The first-order valence-electron chi connectivity index (χ1n) is 11.7. The van der Waals surface area contributed by atoms with Gasteiger partial charge in [-0.25, -0.2) is 4.39 Å². The highest BCUT2D eigenvalue weighted by atomic mass is 35.5. The van der Waals surface area contributed by atoms with E-state index in [1.807, 2.05) is 12.1 Å². The molecule has 0 saturated carbocycles. The molecular formula is C28H25ClFNO6. The molecule has 7 nitrogen and oxygen atoms in total. The van der Waals surface area contributed by atoms with E-state index < -0.39 is 29.6 Å². The fourth-order valence-electron chi connectivity index (χ4n) is 4.02. The van der Waals surface area contributed by atoms with Crippen molar-refractivity contribution in [3.63, 3.8) is 0 Å². The van der Waals surface area contributed by atoms with Gasteiger partial charge in [0.05, 0.1) is 13.0 Å². The number of amides is 1. The molecule has 1 aliphatic heterocycles. The fraction of sp³-hybridized carbons (Fsp3) is 0.250. The van der Waals surface area contributed by atoms with Gasteiger partial charge in [-0.2, -0.15) is 0 Å². The maximum Gasteiger partial charge on any atom is 0.312 e. The van der Waals surface area contributed by atoms with Crippen LogP contribution in [0.4, 0.5) is 10.1 Å². The first kappa shape index (κ1) is 26.2. The number of nitrogens with zero attached hydrogens (tertiary/aromatic N) is 1. The van der Waals surface area contributed by atoms with Gasteiger partial charge < -0.3 is 19.1 Å². The van der Waals surface area contributed by atoms with Crippen molar-refractivity contribution in [2.45, 2.75) is 18.9 Å². The molecule has 0 bridgehead atoms. The maximum absolute atomic E-state index is 13.2. The zero-order valence-corrected chi connectivity index (χ0v) is 20.8. The highest BCUT2D eigenvalue weighted by Crippen LogP contribution is 2.33. The van der Waals surface area contributed by atoms with E-state index in [1.165, 1.54) is 17.0 Å². The Kier molecular flexibility index (Phi) is 8.40. The van der Waals surface area contributed by atoms with Crippen molar-refractivity contribution in [1.82, 2.24) is 0 Å². The van der Waals surface area contributed by atoms with Crippen LogP contribution in [-0.4, -0.2) is 43.3 Å². The van der Waals surface area contributed by atoms with Crippen molar-refractivity contribution in [2.24, 2.45) is 5.92 Å². The molecule has 2 atom stereocenters. The number of carbonyl (C=O) groups is 3. The summed E-state index contributed by atoms with van der Waals surface area (Å²) in [4.78, 5) is 39.9. The quantitative estimate of drug-likeness (QED) is 0.200. The molecule has 0 spiro atoms. The van der Waals surface area contributed by atoms with Crippen molar-refractivity contribution in [3.8, 4) is 17.2 Å². The van der Waals surface area contributed by atoms with E-state index in [2.05, 4.69) is 0 Å². The summed E-state index contributed by atoms with van der Waals surface area (Å²) < 4.78 is 29.9. The topological polar surface area (TPSA) is 82.1 Å². The fourth-order valence-corrected chi connectivity index (χ4v) is 4.22. The lowest BCUT2D eigenvalue weighted by molar-refractivity contribution is -0.151. The highest BCUT2D eigenvalue weighted by Gasteiger charge is 2.38. The van der Waals surface area contributed by atoms with Crippen LogP contribution < -0.4 is 14.4 Å². The predicted molar refractivity (Wildman–Crippen MR) is 136 cm³/mol. The third-order valence-electron chi connectivity index (χ3n) is 5.95. The summed E-state index contributed by atoms with van der Waals surface area (Å²) in [5.74, 6) is -0.796. The number of Topliss-reactive ketones (excluding diaryl/α,β-unsaturated/α-hetero) is 1. The van der Waals surface area contributed by atoms with Crippen LogP contribution in [0, 0.1) is 11.7 Å². The van der Waals surface area contributed by atoms with Crippen LogP contribution in [0.3, 0.4) is 0 Å². The normalized spacial score (nSPS) is 15.8. The van der Waals surface area contributed by atoms with E-state index >= 15 is 0 Å². The second-order valence-electron chi connectivity index (χ2n) is 8.43. The molecule has 1 saturated heterocycles. The zero-order valence-electron chi connectivity index (χ0n) is 20.1. The number of para-hydroxylation sites is 2. The van der Waals surface area contributed by atoms with E-state index in [-0.39, 0.29) is 36.7 Å². The van der Waals surface area contributed by atoms with E-state index in [1.54, 1.807) is 43.5 Å². The molecule has 0 unspecified atom stereocenters. The molecule has 0 aromatic heterocycles. The van der Waals surface area contributed by atoms with Crippen LogP contribution in [0.1, 0.15) is 23.2 Å². The minimum Gasteiger partial charge on any atom is -0.493 e. The Bertz CT molecular complexity index is 1260. The number of ether oxygens (including phenoxy) is 3. The second kappa shape index (κ2) is 11.9. The average Bonchev–Trinajstić information content (AvgIpc) is 3.31. The first-order chi connectivity index (χ1) is 17.9. The smallest absolute Gasteiger partial charge is 0.312 e. The molecule has 1 amide bonds. The lowest BCUT2D eigenvalue weighted by Gasteiger charge is -2.19. The maximum atomic E-state index is 13.2. The van der Waals surface area contributed by atoms with Crippen LogP contribution >= 0.6 is 11.6 Å². The molecule has 4 rings (SSSR count). The number of ketones is 1. The monoisotopic (exact) mass is 525 g/mol. The Morgan fingerprint density at radius 2 is 1.70 bits per heavy atom. The molecule has 1 heterocycles. The number of alkyl halides is 1. The third kappa shape index (κ3) is 6.27. The van der Waals surface area contributed by atoms with Crippen LogP contribution in [0.5, 0.6) is 17.2 Å². The summed E-state index contributed by atoms with van der Waals surface area (Å²) in [7, 11) is 1.56. The number of halogens is 2. The van der Waals surface area contributed by atoms with Gasteiger partial charge in [0, 0.05) is 36.5 Å². The van der Waals surface area contributed by atoms with Crippen LogP contribution in [0.15, 0.2) is 72.8 Å². The van der Waals surface area contributed by atoms with Gasteiger partial charge in [0.2, 0.25) is 11.7 Å². The Morgan fingerprint density at radius 3 is 2.35 bits per heavy atom. The van der Waals surface area contributed by atoms with Crippen molar-refractivity contribution >= 4 is 34.9 Å². The van der Waals surface area contributed by atoms with Gasteiger partial charge >= 0.3 is 5.97 Å². The van der Waals surface area contributed by atoms with Gasteiger partial charge in [0.25, 0.3) is 0 Å². The molecule has 0 radical (unpaired) electrons. The number of benzene rings is 3. The van der Waals surface area contributed by atoms with Gasteiger partial charge in [-0.3, -0.25) is 14.4 Å². The highest BCUT2D eigenvalue weighted by molar-refractivity contribution is 6.18. The van der Waals surface area contributed by atoms with Crippen LogP contribution in [-0.2, 0) is 14.3 Å². The summed E-state index contributed by atoms with van der Waals surface area (Å²) in [5.41, 5.74) is 0.816. The number of esters is 1. The molecule has 37 heavy (non-hydrogen) atoms. The standard InChI is InChI=1S/C28H25ClFNO6/c1-35-23-4-2-3-5-24(23)36-22-12-10-21(11-13-22)31-17-19(16-26(31)32)28(34)37-25(14-15-29)27(33)18-6-8-20(30)9-7-18/h2-13,19,25H,14-17H2,1H3/t19-,25+/m1/s1. The van der Waals surface area contributed by atoms with E-state index in [9.17, 15) is 18.8 Å². The van der Waals surface area contributed by atoms with Gasteiger partial charge in [-0.15, -0.1) is 11.6 Å². The van der Waals surface area contributed by atoms with E-state index in [0.29, 0.717) is 22.9 Å². The second-order valence-corrected chi connectivity index (χ2v) is 8.80. The van der Waals surface area contributed by atoms with E-state index in [0.717, 1.165) is 12.1 Å². The minimum atomic E-state index is -1.12. The lowest BCUT2D eigenvalue weighted by Crippen LogP contribution is -2.32. The SMILES string of the molecule is COc1ccccc1Oc1ccc(N2C[C@H](C(=O)O[C@@H](CCCl)C(=O)c3ccc(F)cc3)CC2=O)cc1. The number of rotatable bonds is 10. The molecule has 3 aromatic rings. The van der Waals surface area contributed by atoms with E-state index in [4.69, 9.17) is 25.8 Å². The molecule has 0 N–H and O–H groups in total. The van der Waals surface area contributed by atoms with Crippen molar-refractivity contribution in [2.75, 3.05) is 24.4 Å². The summed E-state index contributed by atoms with van der Waals surface area (Å²) in [6.45, 7) is 0.114. The summed E-state index contributed by atoms with van der Waals surface area (Å²) in [6, 6.07) is 19.1. The molecule has 3 aromatic carbocycles. The number of hydrogen-bond acceptors (Lipinski definition) is 6. The predicted octanol–water partition coefficient (Wildman–Crippen LogP) is 5.40. The van der Waals surface area contributed by atoms with Crippen LogP contribution in [0.25, 0.3) is 0 Å². The zero-order chi connectivity index (χ0) is 26.4. The molecule has 192 valence electrons. The Hall–Kier alpha value is -3.91. The molecule has 1 aliphatic rings. The molecular weight excluding hydrogens is 501 g/mol. The average molecular weight is 526 g/mol. The number of carbonyl (C=O) groups excluding carboxylic acids is 3. The number of hydrogen-bond donors (Lipinski definition) is 0.